The largest absolute Gasteiger partial charge is 0.461 e. The molecule has 2 aromatic heterocycles. The van der Waals surface area contributed by atoms with Crippen molar-refractivity contribution in [2.75, 3.05) is 5.88 Å². The maximum Gasteiger partial charge on any atom is 0.238 e. The SMILES string of the molecule is ClCCCc1nc(-c2ccco2)no1. The molecule has 5 heteroatoms. The van der Waals surface area contributed by atoms with Crippen LogP contribution < -0.4 is 0 Å². The van der Waals surface area contributed by atoms with E-state index in [2.05, 4.69) is 10.1 Å². The van der Waals surface area contributed by atoms with Gasteiger partial charge in [0.05, 0.1) is 6.26 Å². The fraction of sp³-hybridized carbons (Fsp3) is 0.333. The molecule has 2 heterocycles. The summed E-state index contributed by atoms with van der Waals surface area (Å²) in [4.78, 5) is 4.16. The van der Waals surface area contributed by atoms with E-state index in [9.17, 15) is 0 Å². The number of hydrogen-bond donors (Lipinski definition) is 0. The van der Waals surface area contributed by atoms with Crippen LogP contribution in [0.3, 0.4) is 0 Å². The molecule has 0 saturated heterocycles. The Morgan fingerprint density at radius 1 is 1.43 bits per heavy atom. The number of aromatic nitrogens is 2. The first-order chi connectivity index (χ1) is 6.90. The van der Waals surface area contributed by atoms with Crippen molar-refractivity contribution in [1.29, 1.82) is 0 Å². The third-order valence-electron chi connectivity index (χ3n) is 1.73. The molecule has 0 aromatic carbocycles. The molecule has 0 amide bonds. The number of furan rings is 1. The normalized spacial score (nSPS) is 10.6. The maximum atomic E-state index is 5.55. The molecule has 0 aliphatic rings. The fourth-order valence-electron chi connectivity index (χ4n) is 1.08. The van der Waals surface area contributed by atoms with E-state index in [0.29, 0.717) is 29.8 Å². The molecule has 2 aromatic rings. The number of nitrogens with zero attached hydrogens (tertiary/aromatic N) is 2. The van der Waals surface area contributed by atoms with Crippen LogP contribution in [-0.4, -0.2) is 16.0 Å². The lowest BCUT2D eigenvalue weighted by Gasteiger charge is -1.86. The third kappa shape index (κ3) is 1.96. The van der Waals surface area contributed by atoms with Crippen LogP contribution in [0.4, 0.5) is 0 Å². The molecule has 0 N–H and O–H groups in total. The Balaban J connectivity index is 2.10. The van der Waals surface area contributed by atoms with Crippen molar-refractivity contribution >= 4 is 11.6 Å². The lowest BCUT2D eigenvalue weighted by molar-refractivity contribution is 0.377. The van der Waals surface area contributed by atoms with Crippen molar-refractivity contribution in [2.45, 2.75) is 12.8 Å². The first kappa shape index (κ1) is 9.27. The number of aryl methyl sites for hydroxylation is 1. The van der Waals surface area contributed by atoms with Crippen LogP contribution in [0.25, 0.3) is 11.6 Å². The van der Waals surface area contributed by atoms with Gasteiger partial charge in [-0.05, 0) is 18.6 Å². The van der Waals surface area contributed by atoms with Gasteiger partial charge in [0.15, 0.2) is 5.76 Å². The quantitative estimate of drug-likeness (QED) is 0.731. The Kier molecular flexibility index (Phi) is 2.84. The van der Waals surface area contributed by atoms with Gasteiger partial charge in [0, 0.05) is 12.3 Å². The van der Waals surface area contributed by atoms with Crippen molar-refractivity contribution < 1.29 is 8.94 Å². The van der Waals surface area contributed by atoms with E-state index in [-0.39, 0.29) is 0 Å². The van der Waals surface area contributed by atoms with Crippen LogP contribution >= 0.6 is 11.6 Å². The second kappa shape index (κ2) is 4.28. The summed E-state index contributed by atoms with van der Waals surface area (Å²) in [6.07, 6.45) is 3.11. The maximum absolute atomic E-state index is 5.55. The van der Waals surface area contributed by atoms with Gasteiger partial charge in [-0.1, -0.05) is 5.16 Å². The Morgan fingerprint density at radius 3 is 3.07 bits per heavy atom. The van der Waals surface area contributed by atoms with Crippen molar-refractivity contribution in [3.8, 4) is 11.6 Å². The first-order valence-electron chi connectivity index (χ1n) is 4.32. The summed E-state index contributed by atoms with van der Waals surface area (Å²) in [6, 6.07) is 3.57. The number of hydrogen-bond acceptors (Lipinski definition) is 4. The average Bonchev–Trinajstić information content (AvgIpc) is 2.85. The van der Waals surface area contributed by atoms with Crippen molar-refractivity contribution in [3.05, 3.63) is 24.3 Å². The molecule has 0 aliphatic carbocycles. The molecule has 0 spiro atoms. The lowest BCUT2D eigenvalue weighted by atomic mass is 10.3. The van der Waals surface area contributed by atoms with Gasteiger partial charge >= 0.3 is 0 Å². The van der Waals surface area contributed by atoms with Gasteiger partial charge in [-0.25, -0.2) is 0 Å². The van der Waals surface area contributed by atoms with Gasteiger partial charge in [0.2, 0.25) is 11.7 Å². The van der Waals surface area contributed by atoms with Crippen LogP contribution in [0.15, 0.2) is 27.3 Å². The predicted octanol–water partition coefficient (Wildman–Crippen LogP) is 2.50. The number of alkyl halides is 1. The number of rotatable bonds is 4. The molecule has 14 heavy (non-hydrogen) atoms. The second-order valence-electron chi connectivity index (χ2n) is 2.78. The minimum absolute atomic E-state index is 0.486. The Labute approximate surface area is 85.9 Å². The van der Waals surface area contributed by atoms with Gasteiger partial charge in [-0.15, -0.1) is 11.6 Å². The van der Waals surface area contributed by atoms with Crippen LogP contribution in [0.2, 0.25) is 0 Å². The molecular formula is C9H9ClN2O2. The van der Waals surface area contributed by atoms with Crippen LogP contribution in [0.5, 0.6) is 0 Å². The molecule has 0 radical (unpaired) electrons. The van der Waals surface area contributed by atoms with Crippen LogP contribution in [0.1, 0.15) is 12.3 Å². The number of halogens is 1. The monoisotopic (exact) mass is 212 g/mol. The summed E-state index contributed by atoms with van der Waals surface area (Å²) < 4.78 is 10.1. The molecule has 0 fully saturated rings. The van der Waals surface area contributed by atoms with Crippen LogP contribution in [-0.2, 0) is 6.42 Å². The predicted molar refractivity (Wildman–Crippen MR) is 51.0 cm³/mol. The highest BCUT2D eigenvalue weighted by Crippen LogP contribution is 2.16. The van der Waals surface area contributed by atoms with Crippen LogP contribution in [0, 0.1) is 0 Å². The Bertz CT molecular complexity index is 383. The topological polar surface area (TPSA) is 52.1 Å². The highest BCUT2D eigenvalue weighted by Gasteiger charge is 2.09. The van der Waals surface area contributed by atoms with Gasteiger partial charge in [-0.2, -0.15) is 4.98 Å². The second-order valence-corrected chi connectivity index (χ2v) is 3.16. The van der Waals surface area contributed by atoms with E-state index in [4.69, 9.17) is 20.5 Å². The molecule has 0 atom stereocenters. The van der Waals surface area contributed by atoms with Crippen molar-refractivity contribution in [1.82, 2.24) is 10.1 Å². The van der Waals surface area contributed by atoms with E-state index >= 15 is 0 Å². The minimum atomic E-state index is 0.486. The fourth-order valence-corrected chi connectivity index (χ4v) is 1.21. The standard InChI is InChI=1S/C9H9ClN2O2/c10-5-1-4-8-11-9(12-14-8)7-3-2-6-13-7/h2-3,6H,1,4-5H2. The molecular weight excluding hydrogens is 204 g/mol. The van der Waals surface area contributed by atoms with E-state index in [1.165, 1.54) is 0 Å². The zero-order valence-corrected chi connectivity index (χ0v) is 8.20. The molecule has 0 unspecified atom stereocenters. The molecule has 4 nitrogen and oxygen atoms in total. The molecule has 2 rings (SSSR count). The summed E-state index contributed by atoms with van der Waals surface area (Å²) in [5.74, 6) is 2.29. The van der Waals surface area contributed by atoms with E-state index < -0.39 is 0 Å². The van der Waals surface area contributed by atoms with Crippen molar-refractivity contribution in [2.24, 2.45) is 0 Å². The Morgan fingerprint density at radius 2 is 2.36 bits per heavy atom. The van der Waals surface area contributed by atoms with E-state index in [1.807, 2.05) is 0 Å². The third-order valence-corrected chi connectivity index (χ3v) is 2.00. The highest BCUT2D eigenvalue weighted by molar-refractivity contribution is 6.17. The lowest BCUT2D eigenvalue weighted by Crippen LogP contribution is -1.85. The molecule has 74 valence electrons. The highest BCUT2D eigenvalue weighted by atomic mass is 35.5. The van der Waals surface area contributed by atoms with Gasteiger partial charge in [0.25, 0.3) is 0 Å². The molecule has 0 bridgehead atoms. The van der Waals surface area contributed by atoms with Crippen molar-refractivity contribution in [3.63, 3.8) is 0 Å². The molecule has 0 aliphatic heterocycles. The Hall–Kier alpha value is -1.29. The first-order valence-corrected chi connectivity index (χ1v) is 4.86. The zero-order valence-electron chi connectivity index (χ0n) is 7.44. The van der Waals surface area contributed by atoms with E-state index in [0.717, 1.165) is 6.42 Å². The zero-order chi connectivity index (χ0) is 9.80. The van der Waals surface area contributed by atoms with E-state index in [1.54, 1.807) is 18.4 Å². The smallest absolute Gasteiger partial charge is 0.238 e. The summed E-state index contributed by atoms with van der Waals surface area (Å²) in [5.41, 5.74) is 0. The summed E-state index contributed by atoms with van der Waals surface area (Å²) in [5, 5.41) is 3.79. The summed E-state index contributed by atoms with van der Waals surface area (Å²) in [6.45, 7) is 0. The minimum Gasteiger partial charge on any atom is -0.461 e. The van der Waals surface area contributed by atoms with Gasteiger partial charge < -0.3 is 8.94 Å². The average molecular weight is 213 g/mol. The van der Waals surface area contributed by atoms with Gasteiger partial charge in [0.1, 0.15) is 0 Å². The summed E-state index contributed by atoms with van der Waals surface area (Å²) >= 11 is 5.55. The molecule has 0 saturated carbocycles. The summed E-state index contributed by atoms with van der Waals surface area (Å²) in [7, 11) is 0. The van der Waals surface area contributed by atoms with Gasteiger partial charge in [-0.3, -0.25) is 0 Å².